The summed E-state index contributed by atoms with van der Waals surface area (Å²) in [5.74, 6) is 0.0610. The van der Waals surface area contributed by atoms with E-state index in [2.05, 4.69) is 0 Å². The molecule has 0 aliphatic rings. The van der Waals surface area contributed by atoms with E-state index in [0.29, 0.717) is 20.6 Å². The van der Waals surface area contributed by atoms with Gasteiger partial charge in [0.05, 0.1) is 15.5 Å². The quantitative estimate of drug-likeness (QED) is 0.560. The van der Waals surface area contributed by atoms with Gasteiger partial charge in [0.2, 0.25) is 0 Å². The van der Waals surface area contributed by atoms with E-state index >= 15 is 0 Å². The van der Waals surface area contributed by atoms with Gasteiger partial charge in [-0.3, -0.25) is 4.79 Å². The van der Waals surface area contributed by atoms with Gasteiger partial charge in [-0.1, -0.05) is 30.3 Å². The molecule has 0 heterocycles. The number of rotatable bonds is 5. The summed E-state index contributed by atoms with van der Waals surface area (Å²) in [7, 11) is -3.24. The summed E-state index contributed by atoms with van der Waals surface area (Å²) in [6, 6.07) is 9.98. The molecule has 0 aliphatic carbocycles. The van der Waals surface area contributed by atoms with Crippen molar-refractivity contribution >= 4 is 39.2 Å². The zero-order valence-corrected chi connectivity index (χ0v) is 15.9. The average Bonchev–Trinajstić information content (AvgIpc) is 2.51. The first-order valence-corrected chi connectivity index (χ1v) is 10.1. The average molecular weight is 385 g/mol. The van der Waals surface area contributed by atoms with Crippen molar-refractivity contribution in [3.05, 3.63) is 47.0 Å². The molecule has 128 valence electrons. The fourth-order valence-electron chi connectivity index (χ4n) is 2.02. The van der Waals surface area contributed by atoms with E-state index in [4.69, 9.17) is 16.3 Å². The molecule has 0 atom stereocenters. The Morgan fingerprint density at radius 3 is 2.46 bits per heavy atom. The minimum absolute atomic E-state index is 0.0593. The van der Waals surface area contributed by atoms with Crippen LogP contribution < -0.4 is 4.74 Å². The van der Waals surface area contributed by atoms with Crippen LogP contribution in [0.4, 0.5) is 0 Å². The molecule has 0 unspecified atom stereocenters. The Bertz CT molecular complexity index is 876. The zero-order valence-electron chi connectivity index (χ0n) is 13.5. The van der Waals surface area contributed by atoms with E-state index in [1.165, 1.54) is 18.7 Å². The second kappa shape index (κ2) is 7.59. The first-order valence-electron chi connectivity index (χ1n) is 7.22. The third-order valence-electron chi connectivity index (χ3n) is 3.26. The van der Waals surface area contributed by atoms with Gasteiger partial charge in [-0.2, -0.15) is 0 Å². The standard InChI is InChI=1S/C17H17ClO4S2/c1-4-24(20,21)14-6-8-16(11(2)9-14)23-17-10-13(18)5-7-15(17)22-12(3)19/h5-10H,4H2,1-3H3. The van der Waals surface area contributed by atoms with Gasteiger partial charge in [-0.25, -0.2) is 8.42 Å². The number of benzene rings is 2. The van der Waals surface area contributed by atoms with E-state index in [-0.39, 0.29) is 5.75 Å². The lowest BCUT2D eigenvalue weighted by molar-refractivity contribution is -0.132. The Morgan fingerprint density at radius 2 is 1.88 bits per heavy atom. The lowest BCUT2D eigenvalue weighted by atomic mass is 10.2. The summed E-state index contributed by atoms with van der Waals surface area (Å²) in [6.45, 7) is 4.79. The van der Waals surface area contributed by atoms with Crippen molar-refractivity contribution in [1.82, 2.24) is 0 Å². The summed E-state index contributed by atoms with van der Waals surface area (Å²) in [6.07, 6.45) is 0. The molecule has 24 heavy (non-hydrogen) atoms. The Hall–Kier alpha value is -1.50. The smallest absolute Gasteiger partial charge is 0.308 e. The normalized spacial score (nSPS) is 11.3. The molecule has 0 aliphatic heterocycles. The van der Waals surface area contributed by atoms with Crippen LogP contribution in [0.1, 0.15) is 19.4 Å². The van der Waals surface area contributed by atoms with Crippen molar-refractivity contribution in [2.75, 3.05) is 5.75 Å². The fourth-order valence-corrected chi connectivity index (χ4v) is 4.21. The topological polar surface area (TPSA) is 60.4 Å². The van der Waals surface area contributed by atoms with Crippen molar-refractivity contribution in [2.45, 2.75) is 35.5 Å². The van der Waals surface area contributed by atoms with Gasteiger partial charge >= 0.3 is 5.97 Å². The number of carbonyl (C=O) groups is 1. The molecule has 2 aromatic carbocycles. The van der Waals surface area contributed by atoms with Gasteiger partial charge in [0.25, 0.3) is 0 Å². The molecule has 0 bridgehead atoms. The van der Waals surface area contributed by atoms with Crippen LogP contribution in [-0.4, -0.2) is 20.1 Å². The summed E-state index contributed by atoms with van der Waals surface area (Å²) in [5, 5.41) is 0.524. The van der Waals surface area contributed by atoms with Crippen molar-refractivity contribution in [2.24, 2.45) is 0 Å². The number of hydrogen-bond acceptors (Lipinski definition) is 5. The second-order valence-electron chi connectivity index (χ2n) is 5.12. The number of esters is 1. The van der Waals surface area contributed by atoms with Gasteiger partial charge in [0.15, 0.2) is 9.84 Å². The molecule has 0 amide bonds. The fraction of sp³-hybridized carbons (Fsp3) is 0.235. The summed E-state index contributed by atoms with van der Waals surface area (Å²) in [4.78, 5) is 13.1. The number of aryl methyl sites for hydroxylation is 1. The Balaban J connectivity index is 2.38. The molecular formula is C17H17ClO4S2. The molecule has 0 N–H and O–H groups in total. The molecular weight excluding hydrogens is 368 g/mol. The third-order valence-corrected chi connectivity index (χ3v) is 6.45. The minimum atomic E-state index is -3.24. The van der Waals surface area contributed by atoms with Crippen LogP contribution in [0.15, 0.2) is 51.1 Å². The van der Waals surface area contributed by atoms with Gasteiger partial charge in [-0.05, 0) is 48.9 Å². The van der Waals surface area contributed by atoms with Crippen LogP contribution in [0.25, 0.3) is 0 Å². The maximum absolute atomic E-state index is 12.0. The summed E-state index contributed by atoms with van der Waals surface area (Å²) in [5.41, 5.74) is 0.822. The van der Waals surface area contributed by atoms with Gasteiger partial charge in [-0.15, -0.1) is 0 Å². The number of hydrogen-bond donors (Lipinski definition) is 0. The highest BCUT2D eigenvalue weighted by molar-refractivity contribution is 7.99. The number of halogens is 1. The summed E-state index contributed by atoms with van der Waals surface area (Å²) >= 11 is 7.40. The molecule has 0 radical (unpaired) electrons. The maximum Gasteiger partial charge on any atom is 0.308 e. The second-order valence-corrected chi connectivity index (χ2v) is 8.92. The van der Waals surface area contributed by atoms with Crippen molar-refractivity contribution in [3.8, 4) is 5.75 Å². The Labute approximate surface area is 151 Å². The van der Waals surface area contributed by atoms with Crippen molar-refractivity contribution in [1.29, 1.82) is 0 Å². The molecule has 2 aromatic rings. The lowest BCUT2D eigenvalue weighted by Crippen LogP contribution is -2.04. The first kappa shape index (κ1) is 18.8. The van der Waals surface area contributed by atoms with E-state index < -0.39 is 15.8 Å². The largest absolute Gasteiger partial charge is 0.426 e. The van der Waals surface area contributed by atoms with Crippen molar-refractivity contribution < 1.29 is 17.9 Å². The Kier molecular flexibility index (Phi) is 5.96. The highest BCUT2D eigenvalue weighted by Crippen LogP contribution is 2.38. The number of ether oxygens (including phenoxy) is 1. The van der Waals surface area contributed by atoms with Crippen LogP contribution in [0, 0.1) is 6.92 Å². The van der Waals surface area contributed by atoms with Gasteiger partial charge < -0.3 is 4.74 Å². The summed E-state index contributed by atoms with van der Waals surface area (Å²) < 4.78 is 29.1. The molecule has 2 rings (SSSR count). The SMILES string of the molecule is CCS(=O)(=O)c1ccc(Sc2cc(Cl)ccc2OC(C)=O)c(C)c1. The third kappa shape index (κ3) is 4.53. The lowest BCUT2D eigenvalue weighted by Gasteiger charge is -2.12. The predicted molar refractivity (Wildman–Crippen MR) is 95.8 cm³/mol. The molecule has 7 heteroatoms. The van der Waals surface area contributed by atoms with Crippen LogP contribution in [0.2, 0.25) is 5.02 Å². The molecule has 0 saturated heterocycles. The van der Waals surface area contributed by atoms with Crippen LogP contribution in [0.3, 0.4) is 0 Å². The number of carbonyl (C=O) groups excluding carboxylic acids is 1. The predicted octanol–water partition coefficient (Wildman–Crippen LogP) is 4.52. The molecule has 0 fully saturated rings. The monoisotopic (exact) mass is 384 g/mol. The first-order chi connectivity index (χ1) is 11.2. The minimum Gasteiger partial charge on any atom is -0.426 e. The zero-order chi connectivity index (χ0) is 17.9. The van der Waals surface area contributed by atoms with Crippen LogP contribution in [0.5, 0.6) is 5.75 Å². The molecule has 0 aromatic heterocycles. The van der Waals surface area contributed by atoms with E-state index in [1.807, 2.05) is 6.92 Å². The molecule has 4 nitrogen and oxygen atoms in total. The van der Waals surface area contributed by atoms with E-state index in [9.17, 15) is 13.2 Å². The molecule has 0 spiro atoms. The highest BCUT2D eigenvalue weighted by Gasteiger charge is 2.15. The van der Waals surface area contributed by atoms with E-state index in [1.54, 1.807) is 43.3 Å². The molecule has 0 saturated carbocycles. The van der Waals surface area contributed by atoms with Crippen LogP contribution in [-0.2, 0) is 14.6 Å². The van der Waals surface area contributed by atoms with Crippen LogP contribution >= 0.6 is 23.4 Å². The highest BCUT2D eigenvalue weighted by atomic mass is 35.5. The van der Waals surface area contributed by atoms with Gasteiger partial charge in [0.1, 0.15) is 5.75 Å². The van der Waals surface area contributed by atoms with Crippen molar-refractivity contribution in [3.63, 3.8) is 0 Å². The number of sulfone groups is 1. The van der Waals surface area contributed by atoms with Gasteiger partial charge in [0, 0.05) is 16.8 Å². The van der Waals surface area contributed by atoms with E-state index in [0.717, 1.165) is 10.5 Å². The maximum atomic E-state index is 12.0. The Morgan fingerprint density at radius 1 is 1.17 bits per heavy atom.